The van der Waals surface area contributed by atoms with Crippen LogP contribution in [0.1, 0.15) is 25.0 Å². The van der Waals surface area contributed by atoms with Gasteiger partial charge in [-0.2, -0.15) is 0 Å². The third-order valence-electron chi connectivity index (χ3n) is 3.59. The van der Waals surface area contributed by atoms with E-state index in [0.29, 0.717) is 30.0 Å². The summed E-state index contributed by atoms with van der Waals surface area (Å²) in [5.74, 6) is 1.06. The summed E-state index contributed by atoms with van der Waals surface area (Å²) >= 11 is 0. The highest BCUT2D eigenvalue weighted by Gasteiger charge is 2.14. The number of methoxy groups -OCH3 is 2. The van der Waals surface area contributed by atoms with E-state index in [1.807, 2.05) is 62.4 Å². The van der Waals surface area contributed by atoms with Gasteiger partial charge in [0.25, 0.3) is 5.91 Å². The van der Waals surface area contributed by atoms with E-state index in [2.05, 4.69) is 10.5 Å². The summed E-state index contributed by atoms with van der Waals surface area (Å²) in [6.45, 7) is 4.46. The summed E-state index contributed by atoms with van der Waals surface area (Å²) in [7, 11) is 4.61. The Balaban J connectivity index is 0.00000176. The fourth-order valence-corrected chi connectivity index (χ4v) is 2.35. The maximum Gasteiger partial charge on any atom is 0.273 e. The number of amides is 1. The lowest BCUT2D eigenvalue weighted by Crippen LogP contribution is -2.33. The largest absolute Gasteiger partial charge is 0.493 e. The number of carbonyl (C=O) groups excluding carboxylic acids is 1. The van der Waals surface area contributed by atoms with Crippen LogP contribution in [-0.4, -0.2) is 39.5 Å². The predicted octanol–water partition coefficient (Wildman–Crippen LogP) is 3.44. The summed E-state index contributed by atoms with van der Waals surface area (Å²) in [4.78, 5) is 17.2. The molecule has 0 aliphatic rings. The van der Waals surface area contributed by atoms with Crippen molar-refractivity contribution in [3.8, 4) is 11.5 Å². The maximum absolute atomic E-state index is 12.4. The summed E-state index contributed by atoms with van der Waals surface area (Å²) in [5, 5.41) is 6.70. The molecule has 146 valence electrons. The standard InChI is InChI=1S/C19H22N2O4.C2H6/c1-23-16-10-9-14(13-17(16)24-2)11-12-20-19(22)18(21-25-3)15-7-5-4-6-8-15;1-2/h4-10,13H,11-12H2,1-3H3,(H,20,22);1-2H3. The molecule has 27 heavy (non-hydrogen) atoms. The maximum atomic E-state index is 12.4. The second-order valence-corrected chi connectivity index (χ2v) is 5.18. The molecule has 0 bridgehead atoms. The lowest BCUT2D eigenvalue weighted by atomic mass is 10.1. The fraction of sp³-hybridized carbons (Fsp3) is 0.333. The molecule has 0 aliphatic heterocycles. The van der Waals surface area contributed by atoms with Crippen LogP contribution in [0.3, 0.4) is 0 Å². The van der Waals surface area contributed by atoms with Crippen molar-refractivity contribution in [2.45, 2.75) is 20.3 Å². The zero-order valence-corrected chi connectivity index (χ0v) is 16.6. The first kappa shape index (κ1) is 22.0. The van der Waals surface area contributed by atoms with Crippen LogP contribution in [0.4, 0.5) is 0 Å². The second kappa shape index (κ2) is 12.4. The topological polar surface area (TPSA) is 69.2 Å². The van der Waals surface area contributed by atoms with Crippen molar-refractivity contribution < 1.29 is 19.1 Å². The zero-order chi connectivity index (χ0) is 20.1. The highest BCUT2D eigenvalue weighted by atomic mass is 16.6. The van der Waals surface area contributed by atoms with Crippen molar-refractivity contribution in [2.24, 2.45) is 5.16 Å². The van der Waals surface area contributed by atoms with Crippen LogP contribution in [0.15, 0.2) is 53.7 Å². The van der Waals surface area contributed by atoms with Gasteiger partial charge < -0.3 is 19.6 Å². The quantitative estimate of drug-likeness (QED) is 0.569. The first-order chi connectivity index (χ1) is 13.2. The van der Waals surface area contributed by atoms with Crippen LogP contribution < -0.4 is 14.8 Å². The highest BCUT2D eigenvalue weighted by molar-refractivity contribution is 6.45. The SMILES string of the molecule is CC.CON=C(C(=O)NCCc1ccc(OC)c(OC)c1)c1ccccc1. The van der Waals surface area contributed by atoms with Gasteiger partial charge in [0.05, 0.1) is 14.2 Å². The molecule has 0 unspecified atom stereocenters. The van der Waals surface area contributed by atoms with Crippen molar-refractivity contribution in [2.75, 3.05) is 27.9 Å². The Bertz CT molecular complexity index is 730. The van der Waals surface area contributed by atoms with Crippen LogP contribution in [0, 0.1) is 0 Å². The lowest BCUT2D eigenvalue weighted by molar-refractivity contribution is -0.114. The summed E-state index contributed by atoms with van der Waals surface area (Å²) < 4.78 is 10.5. The molecule has 0 aromatic heterocycles. The Kier molecular flexibility index (Phi) is 10.1. The predicted molar refractivity (Wildman–Crippen MR) is 108 cm³/mol. The van der Waals surface area contributed by atoms with Gasteiger partial charge in [0.1, 0.15) is 7.11 Å². The van der Waals surface area contributed by atoms with E-state index in [0.717, 1.165) is 5.56 Å². The van der Waals surface area contributed by atoms with E-state index in [1.165, 1.54) is 7.11 Å². The molecule has 6 heteroatoms. The number of benzene rings is 2. The fourth-order valence-electron chi connectivity index (χ4n) is 2.35. The molecular weight excluding hydrogens is 344 g/mol. The molecule has 0 spiro atoms. The Morgan fingerprint density at radius 1 is 0.963 bits per heavy atom. The molecule has 1 amide bonds. The minimum atomic E-state index is -0.284. The summed E-state index contributed by atoms with van der Waals surface area (Å²) in [5.41, 5.74) is 1.98. The van der Waals surface area contributed by atoms with Crippen LogP contribution >= 0.6 is 0 Å². The van der Waals surface area contributed by atoms with Crippen molar-refractivity contribution in [1.82, 2.24) is 5.32 Å². The molecule has 6 nitrogen and oxygen atoms in total. The molecule has 2 rings (SSSR count). The van der Waals surface area contributed by atoms with Crippen LogP contribution in [0.25, 0.3) is 0 Å². The smallest absolute Gasteiger partial charge is 0.273 e. The molecule has 0 fully saturated rings. The lowest BCUT2D eigenvalue weighted by Gasteiger charge is -2.10. The first-order valence-electron chi connectivity index (χ1n) is 8.85. The summed E-state index contributed by atoms with van der Waals surface area (Å²) in [6.07, 6.45) is 0.654. The highest BCUT2D eigenvalue weighted by Crippen LogP contribution is 2.27. The molecule has 0 saturated heterocycles. The molecule has 0 aliphatic carbocycles. The van der Waals surface area contributed by atoms with Crippen LogP contribution in [0.5, 0.6) is 11.5 Å². The van der Waals surface area contributed by atoms with E-state index < -0.39 is 0 Å². The Morgan fingerprint density at radius 2 is 1.63 bits per heavy atom. The van der Waals surface area contributed by atoms with Gasteiger partial charge >= 0.3 is 0 Å². The molecule has 0 radical (unpaired) electrons. The van der Waals surface area contributed by atoms with Crippen molar-refractivity contribution in [3.05, 3.63) is 59.7 Å². The minimum Gasteiger partial charge on any atom is -0.493 e. The van der Waals surface area contributed by atoms with Gasteiger partial charge in [-0.05, 0) is 24.1 Å². The number of carbonyl (C=O) groups is 1. The van der Waals surface area contributed by atoms with Gasteiger partial charge in [-0.25, -0.2) is 0 Å². The van der Waals surface area contributed by atoms with Gasteiger partial charge in [0.2, 0.25) is 0 Å². The average Bonchev–Trinajstić information content (AvgIpc) is 2.73. The molecule has 0 saturated carbocycles. The summed E-state index contributed by atoms with van der Waals surface area (Å²) in [6, 6.07) is 14.9. The van der Waals surface area contributed by atoms with Gasteiger partial charge in [0, 0.05) is 12.1 Å². The Morgan fingerprint density at radius 3 is 2.22 bits per heavy atom. The van der Waals surface area contributed by atoms with Crippen molar-refractivity contribution in [1.29, 1.82) is 0 Å². The zero-order valence-electron chi connectivity index (χ0n) is 16.6. The number of nitrogens with zero attached hydrogens (tertiary/aromatic N) is 1. The second-order valence-electron chi connectivity index (χ2n) is 5.18. The van der Waals surface area contributed by atoms with Gasteiger partial charge in [0.15, 0.2) is 17.2 Å². The van der Waals surface area contributed by atoms with Crippen LogP contribution in [-0.2, 0) is 16.1 Å². The van der Waals surface area contributed by atoms with Gasteiger partial charge in [-0.1, -0.05) is 55.4 Å². The van der Waals surface area contributed by atoms with E-state index >= 15 is 0 Å². The van der Waals surface area contributed by atoms with Crippen LogP contribution in [0.2, 0.25) is 0 Å². The van der Waals surface area contributed by atoms with E-state index in [4.69, 9.17) is 14.3 Å². The molecule has 1 N–H and O–H groups in total. The number of rotatable bonds is 8. The number of hydrogen-bond acceptors (Lipinski definition) is 5. The first-order valence-corrected chi connectivity index (χ1v) is 8.85. The normalized spacial score (nSPS) is 10.3. The third-order valence-corrected chi connectivity index (χ3v) is 3.59. The molecule has 2 aromatic carbocycles. The molecule has 0 atom stereocenters. The third kappa shape index (κ3) is 6.66. The van der Waals surface area contributed by atoms with E-state index in [-0.39, 0.29) is 11.6 Å². The Labute approximate surface area is 161 Å². The number of ether oxygens (including phenoxy) is 2. The number of hydrogen-bond donors (Lipinski definition) is 1. The number of oxime groups is 1. The molecule has 0 heterocycles. The van der Waals surface area contributed by atoms with E-state index in [1.54, 1.807) is 14.2 Å². The van der Waals surface area contributed by atoms with Gasteiger partial charge in [-0.3, -0.25) is 4.79 Å². The Hall–Kier alpha value is -3.02. The van der Waals surface area contributed by atoms with Crippen molar-refractivity contribution >= 4 is 11.6 Å². The van der Waals surface area contributed by atoms with Gasteiger partial charge in [-0.15, -0.1) is 0 Å². The minimum absolute atomic E-state index is 0.246. The number of nitrogens with one attached hydrogen (secondary N) is 1. The monoisotopic (exact) mass is 372 g/mol. The molecule has 2 aromatic rings. The average molecular weight is 372 g/mol. The van der Waals surface area contributed by atoms with E-state index in [9.17, 15) is 4.79 Å². The molecular formula is C21H28N2O4. The van der Waals surface area contributed by atoms with Crippen molar-refractivity contribution in [3.63, 3.8) is 0 Å².